The Morgan fingerprint density at radius 2 is 1.95 bits per heavy atom. The van der Waals surface area contributed by atoms with E-state index in [4.69, 9.17) is 4.42 Å². The van der Waals surface area contributed by atoms with E-state index in [1.165, 1.54) is 0 Å². The summed E-state index contributed by atoms with van der Waals surface area (Å²) < 4.78 is 5.41. The second kappa shape index (κ2) is 5.52. The normalized spacial score (nSPS) is 10.2. The number of carbonyl (C=O) groups excluding carboxylic acids is 2. The van der Waals surface area contributed by atoms with Crippen molar-refractivity contribution < 1.29 is 14.0 Å². The molecule has 0 unspecified atom stereocenters. The molecule has 98 valence electrons. The largest absolute Gasteiger partial charge is 0.453 e. The van der Waals surface area contributed by atoms with Gasteiger partial charge in [-0.1, -0.05) is 24.3 Å². The number of carbonyl (C=O) groups is 2. The van der Waals surface area contributed by atoms with Crippen LogP contribution in [0.5, 0.6) is 0 Å². The first-order chi connectivity index (χ1) is 9.11. The van der Waals surface area contributed by atoms with Gasteiger partial charge in [-0.2, -0.15) is 0 Å². The molecule has 0 saturated heterocycles. The van der Waals surface area contributed by atoms with Crippen molar-refractivity contribution >= 4 is 12.2 Å². The number of hydrogen-bond donors (Lipinski definition) is 0. The van der Waals surface area contributed by atoms with E-state index in [9.17, 15) is 9.59 Å². The molecule has 2 rings (SSSR count). The van der Waals surface area contributed by atoms with Gasteiger partial charge >= 0.3 is 0 Å². The average Bonchev–Trinajstić information content (AvgIpc) is 2.88. The second-order valence-corrected chi connectivity index (χ2v) is 4.44. The van der Waals surface area contributed by atoms with E-state index in [1.807, 2.05) is 24.3 Å². The quantitative estimate of drug-likeness (QED) is 0.790. The summed E-state index contributed by atoms with van der Waals surface area (Å²) in [4.78, 5) is 24.0. The van der Waals surface area contributed by atoms with E-state index in [0.717, 1.165) is 11.1 Å². The minimum atomic E-state index is 0.0228. The summed E-state index contributed by atoms with van der Waals surface area (Å²) >= 11 is 0. The van der Waals surface area contributed by atoms with Crippen LogP contribution in [0.15, 0.2) is 40.8 Å². The molecule has 1 aromatic heterocycles. The molecule has 0 N–H and O–H groups in total. The molecule has 0 atom stereocenters. The van der Waals surface area contributed by atoms with Crippen molar-refractivity contribution in [3.63, 3.8) is 0 Å². The molecular formula is C15H15NO3. The van der Waals surface area contributed by atoms with Crippen LogP contribution in [0.3, 0.4) is 0 Å². The van der Waals surface area contributed by atoms with Gasteiger partial charge in [0.25, 0.3) is 0 Å². The molecule has 0 aliphatic heterocycles. The van der Waals surface area contributed by atoms with E-state index >= 15 is 0 Å². The van der Waals surface area contributed by atoms with Crippen LogP contribution in [0.4, 0.5) is 0 Å². The van der Waals surface area contributed by atoms with E-state index in [2.05, 4.69) is 0 Å². The van der Waals surface area contributed by atoms with E-state index in [1.54, 1.807) is 31.1 Å². The zero-order chi connectivity index (χ0) is 13.8. The zero-order valence-electron chi connectivity index (χ0n) is 10.9. The van der Waals surface area contributed by atoms with Gasteiger partial charge in [-0.05, 0) is 17.7 Å². The first kappa shape index (κ1) is 13.1. The maximum Gasteiger partial charge on any atom is 0.226 e. The van der Waals surface area contributed by atoms with E-state index in [-0.39, 0.29) is 11.7 Å². The topological polar surface area (TPSA) is 50.5 Å². The van der Waals surface area contributed by atoms with Crippen molar-refractivity contribution in [2.24, 2.45) is 0 Å². The average molecular weight is 257 g/mol. The smallest absolute Gasteiger partial charge is 0.226 e. The fraction of sp³-hybridized carbons (Fsp3) is 0.200. The molecule has 0 radical (unpaired) electrons. The Morgan fingerprint density at radius 1 is 1.21 bits per heavy atom. The third kappa shape index (κ3) is 2.91. The highest BCUT2D eigenvalue weighted by atomic mass is 16.3. The Bertz CT molecular complexity index is 599. The Kier molecular flexibility index (Phi) is 3.80. The number of amides is 1. The number of benzene rings is 1. The van der Waals surface area contributed by atoms with Crippen molar-refractivity contribution in [1.82, 2.24) is 4.90 Å². The van der Waals surface area contributed by atoms with Crippen molar-refractivity contribution in [2.45, 2.75) is 6.42 Å². The third-order valence-electron chi connectivity index (χ3n) is 2.87. The molecular weight excluding hydrogens is 242 g/mol. The van der Waals surface area contributed by atoms with Crippen LogP contribution in [0.1, 0.15) is 16.1 Å². The van der Waals surface area contributed by atoms with Crippen LogP contribution in [0.25, 0.3) is 11.3 Å². The molecule has 0 saturated carbocycles. The van der Waals surface area contributed by atoms with E-state index in [0.29, 0.717) is 18.5 Å². The molecule has 0 bridgehead atoms. The predicted octanol–water partition coefficient (Wildman–Crippen LogP) is 2.39. The maximum absolute atomic E-state index is 11.8. The highest BCUT2D eigenvalue weighted by Gasteiger charge is 2.13. The first-order valence-corrected chi connectivity index (χ1v) is 5.95. The lowest BCUT2D eigenvalue weighted by Gasteiger charge is -2.12. The highest BCUT2D eigenvalue weighted by molar-refractivity contribution is 5.81. The van der Waals surface area contributed by atoms with Crippen molar-refractivity contribution in [3.05, 3.63) is 47.7 Å². The minimum Gasteiger partial charge on any atom is -0.453 e. The predicted molar refractivity (Wildman–Crippen MR) is 71.9 cm³/mol. The van der Waals surface area contributed by atoms with Gasteiger partial charge in [0.05, 0.1) is 6.42 Å². The Hall–Kier alpha value is -2.36. The van der Waals surface area contributed by atoms with Crippen molar-refractivity contribution in [1.29, 1.82) is 0 Å². The fourth-order valence-electron chi connectivity index (χ4n) is 1.80. The van der Waals surface area contributed by atoms with Crippen LogP contribution in [0.2, 0.25) is 0 Å². The monoisotopic (exact) mass is 257 g/mol. The number of likely N-dealkylation sites (N-methyl/N-ethyl adjacent to an activating group) is 1. The minimum absolute atomic E-state index is 0.0228. The van der Waals surface area contributed by atoms with Gasteiger partial charge < -0.3 is 9.32 Å². The van der Waals surface area contributed by atoms with Gasteiger partial charge in [-0.15, -0.1) is 0 Å². The Labute approximate surface area is 111 Å². The summed E-state index contributed by atoms with van der Waals surface area (Å²) in [6.45, 7) is 0. The standard InChI is InChI=1S/C15H15NO3/c1-16(2)15(18)9-11-5-3-4-6-13(11)14-8-7-12(10-17)19-14/h3-8,10H,9H2,1-2H3. The van der Waals surface area contributed by atoms with E-state index < -0.39 is 0 Å². The molecule has 0 aliphatic carbocycles. The van der Waals surface area contributed by atoms with Crippen molar-refractivity contribution in [3.8, 4) is 11.3 Å². The molecule has 1 heterocycles. The Morgan fingerprint density at radius 3 is 2.58 bits per heavy atom. The fourth-order valence-corrected chi connectivity index (χ4v) is 1.80. The molecule has 0 fully saturated rings. The summed E-state index contributed by atoms with van der Waals surface area (Å²) in [6.07, 6.45) is 0.970. The summed E-state index contributed by atoms with van der Waals surface area (Å²) in [5.41, 5.74) is 1.72. The lowest BCUT2D eigenvalue weighted by atomic mass is 10.0. The summed E-state index contributed by atoms with van der Waals surface area (Å²) in [6, 6.07) is 10.9. The van der Waals surface area contributed by atoms with Crippen LogP contribution in [-0.4, -0.2) is 31.2 Å². The van der Waals surface area contributed by atoms with Crippen LogP contribution < -0.4 is 0 Å². The van der Waals surface area contributed by atoms with Gasteiger partial charge in [0.1, 0.15) is 5.76 Å². The maximum atomic E-state index is 11.8. The second-order valence-electron chi connectivity index (χ2n) is 4.44. The molecule has 1 amide bonds. The van der Waals surface area contributed by atoms with Gasteiger partial charge in [0, 0.05) is 19.7 Å². The number of hydrogen-bond acceptors (Lipinski definition) is 3. The summed E-state index contributed by atoms with van der Waals surface area (Å²) in [5.74, 6) is 0.905. The molecule has 0 spiro atoms. The lowest BCUT2D eigenvalue weighted by Crippen LogP contribution is -2.23. The molecule has 1 aromatic carbocycles. The zero-order valence-corrected chi connectivity index (χ0v) is 10.9. The van der Waals surface area contributed by atoms with Crippen LogP contribution in [-0.2, 0) is 11.2 Å². The van der Waals surface area contributed by atoms with Crippen molar-refractivity contribution in [2.75, 3.05) is 14.1 Å². The molecule has 19 heavy (non-hydrogen) atoms. The molecule has 4 nitrogen and oxygen atoms in total. The number of furan rings is 1. The first-order valence-electron chi connectivity index (χ1n) is 5.95. The summed E-state index contributed by atoms with van der Waals surface area (Å²) in [7, 11) is 3.45. The molecule has 0 aliphatic rings. The van der Waals surface area contributed by atoms with Gasteiger partial charge in [-0.3, -0.25) is 9.59 Å². The molecule has 4 heteroatoms. The van der Waals surface area contributed by atoms with Crippen LogP contribution >= 0.6 is 0 Å². The lowest BCUT2D eigenvalue weighted by molar-refractivity contribution is -0.127. The highest BCUT2D eigenvalue weighted by Crippen LogP contribution is 2.26. The number of rotatable bonds is 4. The molecule has 2 aromatic rings. The number of aldehydes is 1. The SMILES string of the molecule is CN(C)C(=O)Cc1ccccc1-c1ccc(C=O)o1. The van der Waals surface area contributed by atoms with Gasteiger partial charge in [-0.25, -0.2) is 0 Å². The Balaban J connectivity index is 2.35. The van der Waals surface area contributed by atoms with Gasteiger partial charge in [0.2, 0.25) is 5.91 Å². The summed E-state index contributed by atoms with van der Waals surface area (Å²) in [5, 5.41) is 0. The van der Waals surface area contributed by atoms with Crippen LogP contribution in [0, 0.1) is 0 Å². The third-order valence-corrected chi connectivity index (χ3v) is 2.87. The van der Waals surface area contributed by atoms with Gasteiger partial charge in [0.15, 0.2) is 12.0 Å². The number of nitrogens with zero attached hydrogens (tertiary/aromatic N) is 1.